The Morgan fingerprint density at radius 3 is 2.82 bits per heavy atom. The highest BCUT2D eigenvalue weighted by atomic mass is 19.1. The zero-order valence-electron chi connectivity index (χ0n) is 21.0. The quantitative estimate of drug-likeness (QED) is 0.535. The van der Waals surface area contributed by atoms with Gasteiger partial charge in [-0.2, -0.15) is 0 Å². The number of piperidine rings is 1. The average Bonchev–Trinajstić information content (AvgIpc) is 3.49. The maximum atomic E-state index is 14.7. The van der Waals surface area contributed by atoms with Gasteiger partial charge in [-0.15, -0.1) is 0 Å². The number of anilines is 1. The van der Waals surface area contributed by atoms with Crippen LogP contribution in [0.2, 0.25) is 0 Å². The van der Waals surface area contributed by atoms with Crippen LogP contribution in [0.15, 0.2) is 36.4 Å². The monoisotopic (exact) mass is 524 g/mol. The van der Waals surface area contributed by atoms with Crippen LogP contribution in [0.25, 0.3) is 0 Å². The topological polar surface area (TPSA) is 117 Å². The van der Waals surface area contributed by atoms with E-state index in [1.807, 2.05) is 0 Å². The second kappa shape index (κ2) is 10.7. The van der Waals surface area contributed by atoms with Gasteiger partial charge in [-0.1, -0.05) is 6.07 Å². The van der Waals surface area contributed by atoms with Gasteiger partial charge in [0.15, 0.2) is 6.23 Å². The van der Waals surface area contributed by atoms with Crippen LogP contribution in [0, 0.1) is 5.82 Å². The molecule has 3 heterocycles. The van der Waals surface area contributed by atoms with E-state index in [-0.39, 0.29) is 44.4 Å². The fourth-order valence-corrected chi connectivity index (χ4v) is 5.13. The average molecular weight is 525 g/mol. The summed E-state index contributed by atoms with van der Waals surface area (Å²) in [5.74, 6) is -1.08. The maximum absolute atomic E-state index is 14.7. The van der Waals surface area contributed by atoms with Gasteiger partial charge >= 0.3 is 6.09 Å². The molecule has 5 rings (SSSR count). The van der Waals surface area contributed by atoms with Gasteiger partial charge in [0.1, 0.15) is 17.6 Å². The van der Waals surface area contributed by atoms with E-state index >= 15 is 0 Å². The van der Waals surface area contributed by atoms with Crippen LogP contribution in [-0.2, 0) is 27.4 Å². The number of benzene rings is 2. The lowest BCUT2D eigenvalue weighted by Crippen LogP contribution is -2.52. The number of imide groups is 1. The van der Waals surface area contributed by atoms with Gasteiger partial charge in [-0.05, 0) is 50.1 Å². The molecule has 2 fully saturated rings. The van der Waals surface area contributed by atoms with E-state index < -0.39 is 30.1 Å². The summed E-state index contributed by atoms with van der Waals surface area (Å²) < 4.78 is 25.8. The molecule has 2 aromatic rings. The zero-order valence-corrected chi connectivity index (χ0v) is 21.0. The number of rotatable bonds is 7. The minimum atomic E-state index is -0.712. The van der Waals surface area contributed by atoms with Crippen LogP contribution >= 0.6 is 0 Å². The Morgan fingerprint density at radius 1 is 1.18 bits per heavy atom. The number of nitrogens with one attached hydrogen (secondary N) is 2. The summed E-state index contributed by atoms with van der Waals surface area (Å²) in [6.07, 6.45) is 0.974. The largest absolute Gasteiger partial charge is 0.470 e. The number of ether oxygens (including phenoxy) is 2. The molecular weight excluding hydrogens is 495 g/mol. The third-order valence-corrected chi connectivity index (χ3v) is 7.04. The van der Waals surface area contributed by atoms with Crippen LogP contribution in [-0.4, -0.2) is 59.0 Å². The fourth-order valence-electron chi connectivity index (χ4n) is 5.13. The highest BCUT2D eigenvalue weighted by Gasteiger charge is 2.40. The third kappa shape index (κ3) is 5.00. The maximum Gasteiger partial charge on any atom is 0.412 e. The Bertz CT molecular complexity index is 1280. The van der Waals surface area contributed by atoms with Crippen LogP contribution in [0.3, 0.4) is 0 Å². The molecule has 2 N–H and O–H groups in total. The SMILES string of the molecule is CCOC(=O)N1CCCC1Oc1ccc(F)c(CNc2cccc3c2CN(C2CCC(=O)NC2=O)C3=O)c1. The van der Waals surface area contributed by atoms with Crippen LogP contribution in [0.5, 0.6) is 5.75 Å². The van der Waals surface area contributed by atoms with E-state index in [0.717, 1.165) is 6.42 Å². The summed E-state index contributed by atoms with van der Waals surface area (Å²) in [6.45, 7) is 2.88. The summed E-state index contributed by atoms with van der Waals surface area (Å²) in [5.41, 5.74) is 2.19. The lowest BCUT2D eigenvalue weighted by atomic mass is 10.0. The second-order valence-corrected chi connectivity index (χ2v) is 9.45. The number of likely N-dealkylation sites (tertiary alicyclic amines) is 1. The molecule has 0 spiro atoms. The molecular formula is C27H29FN4O6. The van der Waals surface area contributed by atoms with Crippen molar-refractivity contribution in [2.45, 2.75) is 58.0 Å². The number of nitrogens with zero attached hydrogens (tertiary/aromatic N) is 2. The fraction of sp³-hybridized carbons (Fsp3) is 0.407. The summed E-state index contributed by atoms with van der Waals surface area (Å²) in [7, 11) is 0. The van der Waals surface area contributed by atoms with Crippen LogP contribution in [0.1, 0.15) is 54.1 Å². The van der Waals surface area contributed by atoms with Gasteiger partial charge in [-0.3, -0.25) is 24.6 Å². The molecule has 3 aliphatic heterocycles. The Balaban J connectivity index is 1.28. The first kappa shape index (κ1) is 25.5. The Morgan fingerprint density at radius 2 is 2.03 bits per heavy atom. The van der Waals surface area contributed by atoms with Crippen molar-refractivity contribution in [3.63, 3.8) is 0 Å². The molecule has 200 valence electrons. The highest BCUT2D eigenvalue weighted by molar-refractivity contribution is 6.06. The van der Waals surface area contributed by atoms with E-state index in [4.69, 9.17) is 9.47 Å². The minimum absolute atomic E-state index is 0.123. The molecule has 11 heteroatoms. The number of amides is 4. The molecule has 2 unspecified atom stereocenters. The predicted octanol–water partition coefficient (Wildman–Crippen LogP) is 3.16. The summed E-state index contributed by atoms with van der Waals surface area (Å²) in [6, 6.07) is 8.95. The molecule has 3 aliphatic rings. The van der Waals surface area contributed by atoms with Gasteiger partial charge in [0.05, 0.1) is 6.61 Å². The molecule has 0 aromatic heterocycles. The lowest BCUT2D eigenvalue weighted by molar-refractivity contribution is -0.136. The first-order chi connectivity index (χ1) is 18.4. The smallest absolute Gasteiger partial charge is 0.412 e. The van der Waals surface area contributed by atoms with Gasteiger partial charge in [-0.25, -0.2) is 9.18 Å². The number of carbonyl (C=O) groups excluding carboxylic acids is 4. The third-order valence-electron chi connectivity index (χ3n) is 7.04. The van der Waals surface area contributed by atoms with Gasteiger partial charge in [0.2, 0.25) is 11.8 Å². The standard InChI is InChI=1S/C27H29FN4O6/c1-2-37-27(36)31-12-4-7-24(31)38-17-8-9-20(28)16(13-17)14-29-21-6-3-5-18-19(21)15-32(26(18)35)22-10-11-23(33)30-25(22)34/h3,5-6,8-9,13,22,24,29H,2,4,7,10-12,14-15H2,1H3,(H,30,33,34). The number of carbonyl (C=O) groups is 4. The first-order valence-corrected chi connectivity index (χ1v) is 12.7. The van der Waals surface area contributed by atoms with Crippen molar-refractivity contribution in [2.24, 2.45) is 0 Å². The van der Waals surface area contributed by atoms with Crippen molar-refractivity contribution in [1.29, 1.82) is 0 Å². The summed E-state index contributed by atoms with van der Waals surface area (Å²) >= 11 is 0. The molecule has 4 amide bonds. The van der Waals surface area contributed by atoms with Crippen molar-refractivity contribution in [3.8, 4) is 5.75 Å². The molecule has 0 radical (unpaired) electrons. The Kier molecular flexibility index (Phi) is 7.17. The molecule has 10 nitrogen and oxygen atoms in total. The van der Waals surface area contributed by atoms with E-state index in [2.05, 4.69) is 10.6 Å². The zero-order chi connectivity index (χ0) is 26.8. The highest BCUT2D eigenvalue weighted by Crippen LogP contribution is 2.33. The summed E-state index contributed by atoms with van der Waals surface area (Å²) in [5, 5.41) is 5.51. The number of halogens is 1. The molecule has 0 bridgehead atoms. The minimum Gasteiger partial charge on any atom is -0.470 e. The van der Waals surface area contributed by atoms with E-state index in [1.165, 1.54) is 21.9 Å². The van der Waals surface area contributed by atoms with Gasteiger partial charge < -0.3 is 19.7 Å². The molecule has 38 heavy (non-hydrogen) atoms. The number of fused-ring (bicyclic) bond motifs is 1. The molecule has 0 saturated carbocycles. The normalized spacial score (nSPS) is 20.8. The van der Waals surface area contributed by atoms with E-state index in [0.29, 0.717) is 41.1 Å². The van der Waals surface area contributed by atoms with Crippen molar-refractivity contribution < 1.29 is 33.0 Å². The first-order valence-electron chi connectivity index (χ1n) is 12.7. The van der Waals surface area contributed by atoms with Crippen LogP contribution in [0.4, 0.5) is 14.9 Å². The molecule has 2 atom stereocenters. The van der Waals surface area contributed by atoms with Crippen molar-refractivity contribution in [1.82, 2.24) is 15.1 Å². The molecule has 2 aromatic carbocycles. The number of hydrogen-bond acceptors (Lipinski definition) is 7. The van der Waals surface area contributed by atoms with E-state index in [1.54, 1.807) is 31.2 Å². The molecule has 0 aliphatic carbocycles. The molecule has 2 saturated heterocycles. The van der Waals surface area contributed by atoms with Crippen LogP contribution < -0.4 is 15.4 Å². The van der Waals surface area contributed by atoms with Gasteiger partial charge in [0.25, 0.3) is 5.91 Å². The van der Waals surface area contributed by atoms with Crippen molar-refractivity contribution >= 4 is 29.5 Å². The van der Waals surface area contributed by atoms with Crippen molar-refractivity contribution in [2.75, 3.05) is 18.5 Å². The Hall–Kier alpha value is -4.15. The second-order valence-electron chi connectivity index (χ2n) is 9.45. The predicted molar refractivity (Wildman–Crippen MR) is 134 cm³/mol. The van der Waals surface area contributed by atoms with E-state index in [9.17, 15) is 23.6 Å². The number of hydrogen-bond donors (Lipinski definition) is 2. The van der Waals surface area contributed by atoms with Crippen molar-refractivity contribution in [3.05, 3.63) is 58.9 Å². The van der Waals surface area contributed by atoms with Gasteiger partial charge in [0, 0.05) is 54.9 Å². The lowest BCUT2D eigenvalue weighted by Gasteiger charge is -2.29. The Labute approximate surface area is 219 Å². The summed E-state index contributed by atoms with van der Waals surface area (Å²) in [4.78, 5) is 52.1.